The highest BCUT2D eigenvalue weighted by Crippen LogP contribution is 2.44. The lowest BCUT2D eigenvalue weighted by Gasteiger charge is -2.07. The molecular weight excluding hydrogens is 426 g/mol. The number of carbonyl (C=O) groups is 2. The molecule has 0 saturated heterocycles. The highest BCUT2D eigenvalue weighted by molar-refractivity contribution is 7.99. The first-order valence-electron chi connectivity index (χ1n) is 8.63. The molecule has 0 aliphatic rings. The first-order valence-corrected chi connectivity index (χ1v) is 10.3. The summed E-state index contributed by atoms with van der Waals surface area (Å²) in [4.78, 5) is 26.1. The molecule has 0 aliphatic heterocycles. The Hall–Kier alpha value is -3.44. The number of carboxylic acids is 1. The Kier molecular flexibility index (Phi) is 5.38. The van der Waals surface area contributed by atoms with Gasteiger partial charge in [-0.1, -0.05) is 16.9 Å². The minimum Gasteiger partial charge on any atom is -0.496 e. The number of ether oxygens (including phenoxy) is 1. The van der Waals surface area contributed by atoms with Crippen LogP contribution in [0, 0.1) is 6.92 Å². The largest absolute Gasteiger partial charge is 0.496 e. The molecule has 0 aliphatic carbocycles. The van der Waals surface area contributed by atoms with Gasteiger partial charge in [0.1, 0.15) is 10.6 Å². The second-order valence-electron chi connectivity index (χ2n) is 6.21. The van der Waals surface area contributed by atoms with Gasteiger partial charge in [-0.15, -0.1) is 11.3 Å². The van der Waals surface area contributed by atoms with Gasteiger partial charge in [-0.25, -0.2) is 9.89 Å². The summed E-state index contributed by atoms with van der Waals surface area (Å²) in [6.07, 6.45) is 0. The van der Waals surface area contributed by atoms with E-state index in [-0.39, 0.29) is 17.4 Å². The molecule has 9 nitrogen and oxygen atoms in total. The minimum absolute atomic E-state index is 0.146. The van der Waals surface area contributed by atoms with Crippen LogP contribution < -0.4 is 10.1 Å². The smallest absolute Gasteiger partial charge is 0.335 e. The van der Waals surface area contributed by atoms with Crippen molar-refractivity contribution in [3.63, 3.8) is 0 Å². The number of rotatable bonds is 6. The predicted molar refractivity (Wildman–Crippen MR) is 113 cm³/mol. The average molecular weight is 441 g/mol. The molecule has 0 unspecified atom stereocenters. The molecule has 2 heterocycles. The van der Waals surface area contributed by atoms with E-state index in [1.807, 2.05) is 19.1 Å². The van der Waals surface area contributed by atoms with Crippen LogP contribution in [0.1, 0.15) is 25.6 Å². The SMILES string of the molecule is COc1cc2c(Sc3ccc(C(=O)O)cc3)c(C(=O)Nc3nnn[nH]3)sc2cc1C. The Bertz CT molecular complexity index is 1240. The molecule has 3 N–H and O–H groups in total. The molecule has 1 amide bonds. The van der Waals surface area contributed by atoms with Crippen LogP contribution in [0.5, 0.6) is 5.75 Å². The maximum atomic E-state index is 12.9. The van der Waals surface area contributed by atoms with Crippen molar-refractivity contribution in [1.29, 1.82) is 0 Å². The summed E-state index contributed by atoms with van der Waals surface area (Å²) >= 11 is 2.73. The molecule has 0 fully saturated rings. The van der Waals surface area contributed by atoms with Crippen LogP contribution in [-0.2, 0) is 0 Å². The summed E-state index contributed by atoms with van der Waals surface area (Å²) < 4.78 is 6.38. The number of amides is 1. The molecule has 0 radical (unpaired) electrons. The van der Waals surface area contributed by atoms with Gasteiger partial charge < -0.3 is 9.84 Å². The third-order valence-corrected chi connectivity index (χ3v) is 6.68. The van der Waals surface area contributed by atoms with E-state index in [1.165, 1.54) is 35.2 Å². The number of H-pyrrole nitrogens is 1. The molecular formula is C19H15N5O4S2. The summed E-state index contributed by atoms with van der Waals surface area (Å²) in [5.41, 5.74) is 1.16. The standard InChI is InChI=1S/C19H15N5O4S2/c1-9-7-14-12(8-13(9)28-2)15(29-11-5-3-10(4-6-11)18(26)27)16(30-14)17(25)20-19-21-23-24-22-19/h3-8H,1-2H3,(H,26,27)(H2,20,21,22,23,24,25). The quantitative estimate of drug-likeness (QED) is 0.411. The summed E-state index contributed by atoms with van der Waals surface area (Å²) in [5.74, 6) is -0.479. The molecule has 4 rings (SSSR count). The van der Waals surface area contributed by atoms with E-state index < -0.39 is 5.97 Å². The van der Waals surface area contributed by atoms with Crippen molar-refractivity contribution in [2.75, 3.05) is 12.4 Å². The number of fused-ring (bicyclic) bond motifs is 1. The second-order valence-corrected chi connectivity index (χ2v) is 8.35. The van der Waals surface area contributed by atoms with Crippen LogP contribution >= 0.6 is 23.1 Å². The molecule has 2 aromatic heterocycles. The van der Waals surface area contributed by atoms with Gasteiger partial charge in [0.05, 0.1) is 12.7 Å². The molecule has 152 valence electrons. The maximum absolute atomic E-state index is 12.9. The number of aromatic nitrogens is 4. The zero-order chi connectivity index (χ0) is 21.3. The molecule has 0 atom stereocenters. The number of aromatic carboxylic acids is 1. The van der Waals surface area contributed by atoms with Gasteiger partial charge in [0.25, 0.3) is 5.91 Å². The van der Waals surface area contributed by atoms with Gasteiger partial charge in [0, 0.05) is 19.9 Å². The van der Waals surface area contributed by atoms with Gasteiger partial charge in [0.15, 0.2) is 0 Å². The van der Waals surface area contributed by atoms with Crippen LogP contribution in [-0.4, -0.2) is 44.7 Å². The zero-order valence-electron chi connectivity index (χ0n) is 15.8. The van der Waals surface area contributed by atoms with Crippen molar-refractivity contribution in [1.82, 2.24) is 20.6 Å². The number of aromatic amines is 1. The minimum atomic E-state index is -0.992. The lowest BCUT2D eigenvalue weighted by molar-refractivity contribution is 0.0696. The van der Waals surface area contributed by atoms with Gasteiger partial charge >= 0.3 is 5.97 Å². The maximum Gasteiger partial charge on any atom is 0.335 e. The number of benzene rings is 2. The number of nitrogens with zero attached hydrogens (tertiary/aromatic N) is 3. The van der Waals surface area contributed by atoms with E-state index in [1.54, 1.807) is 19.2 Å². The number of tetrazole rings is 1. The Morgan fingerprint density at radius 2 is 2.00 bits per heavy atom. The molecule has 0 saturated carbocycles. The summed E-state index contributed by atoms with van der Waals surface area (Å²) in [6, 6.07) is 10.4. The average Bonchev–Trinajstić information content (AvgIpc) is 3.35. The Morgan fingerprint density at radius 3 is 2.63 bits per heavy atom. The molecule has 4 aromatic rings. The molecule has 11 heteroatoms. The summed E-state index contributed by atoms with van der Waals surface area (Å²) in [7, 11) is 1.60. The first-order chi connectivity index (χ1) is 14.5. The predicted octanol–water partition coefficient (Wildman–Crippen LogP) is 3.83. The van der Waals surface area contributed by atoms with E-state index in [4.69, 9.17) is 9.84 Å². The number of hydrogen-bond acceptors (Lipinski definition) is 8. The number of anilines is 1. The van der Waals surface area contributed by atoms with E-state index >= 15 is 0 Å². The lowest BCUT2D eigenvalue weighted by Crippen LogP contribution is -2.12. The topological polar surface area (TPSA) is 130 Å². The molecule has 0 spiro atoms. The van der Waals surface area contributed by atoms with Crippen LogP contribution in [0.15, 0.2) is 46.2 Å². The monoisotopic (exact) mass is 441 g/mol. The Balaban J connectivity index is 1.79. The number of aryl methyl sites for hydroxylation is 1. The van der Waals surface area contributed by atoms with Crippen LogP contribution in [0.25, 0.3) is 10.1 Å². The van der Waals surface area contributed by atoms with Crippen molar-refractivity contribution in [2.45, 2.75) is 16.7 Å². The lowest BCUT2D eigenvalue weighted by atomic mass is 10.1. The fraction of sp³-hybridized carbons (Fsp3) is 0.105. The summed E-state index contributed by atoms with van der Waals surface area (Å²) in [5, 5.41) is 25.7. The van der Waals surface area contributed by atoms with E-state index in [0.717, 1.165) is 31.2 Å². The Morgan fingerprint density at radius 1 is 1.23 bits per heavy atom. The molecule has 0 bridgehead atoms. The zero-order valence-corrected chi connectivity index (χ0v) is 17.4. The fourth-order valence-corrected chi connectivity index (χ4v) is 5.19. The van der Waals surface area contributed by atoms with Crippen LogP contribution in [0.4, 0.5) is 5.95 Å². The van der Waals surface area contributed by atoms with Gasteiger partial charge in [-0.05, 0) is 59.3 Å². The number of methoxy groups -OCH3 is 1. The third-order valence-electron chi connectivity index (χ3n) is 4.26. The van der Waals surface area contributed by atoms with Crippen molar-refractivity contribution >= 4 is 51.0 Å². The Labute approximate surface area is 178 Å². The van der Waals surface area contributed by atoms with E-state index in [9.17, 15) is 9.59 Å². The van der Waals surface area contributed by atoms with Gasteiger partial charge in [-0.2, -0.15) is 0 Å². The fourth-order valence-electron chi connectivity index (χ4n) is 2.83. The van der Waals surface area contributed by atoms with Crippen LogP contribution in [0.2, 0.25) is 0 Å². The van der Waals surface area contributed by atoms with E-state index in [2.05, 4.69) is 25.9 Å². The normalized spacial score (nSPS) is 10.9. The van der Waals surface area contributed by atoms with Gasteiger partial charge in [-0.3, -0.25) is 10.1 Å². The van der Waals surface area contributed by atoms with Crippen molar-refractivity contribution in [2.24, 2.45) is 0 Å². The number of nitrogens with one attached hydrogen (secondary N) is 2. The summed E-state index contributed by atoms with van der Waals surface area (Å²) in [6.45, 7) is 1.94. The number of carbonyl (C=O) groups excluding carboxylic acids is 1. The highest BCUT2D eigenvalue weighted by Gasteiger charge is 2.22. The van der Waals surface area contributed by atoms with Gasteiger partial charge in [0.2, 0.25) is 5.95 Å². The second kappa shape index (κ2) is 8.13. The molecule has 2 aromatic carbocycles. The highest BCUT2D eigenvalue weighted by atomic mass is 32.2. The number of carboxylic acid groups (broad SMARTS) is 1. The first kappa shape index (κ1) is 19.9. The molecule has 30 heavy (non-hydrogen) atoms. The van der Waals surface area contributed by atoms with Crippen LogP contribution in [0.3, 0.4) is 0 Å². The van der Waals surface area contributed by atoms with Crippen molar-refractivity contribution in [3.8, 4) is 5.75 Å². The van der Waals surface area contributed by atoms with E-state index in [0.29, 0.717) is 4.88 Å². The van der Waals surface area contributed by atoms with Crippen molar-refractivity contribution < 1.29 is 19.4 Å². The number of thiophene rings is 1. The van der Waals surface area contributed by atoms with Crippen molar-refractivity contribution in [3.05, 3.63) is 52.4 Å². The third kappa shape index (κ3) is 3.84. The number of hydrogen-bond donors (Lipinski definition) is 3.